The number of aliphatic hydroxyl groups is 1. The molecule has 14 nitrogen and oxygen atoms in total. The summed E-state index contributed by atoms with van der Waals surface area (Å²) in [6, 6.07) is 3.80. The number of carbonyl (C=O) groups is 3. The molecule has 6 N–H and O–H groups in total. The molecule has 5 atom stereocenters. The fourth-order valence-electron chi connectivity index (χ4n) is 4.70. The van der Waals surface area contributed by atoms with Crippen LogP contribution in [-0.2, 0) is 25.5 Å². The molecule has 200 valence electrons. The zero-order valence-electron chi connectivity index (χ0n) is 19.1. The van der Waals surface area contributed by atoms with Gasteiger partial charge in [-0.2, -0.15) is 9.97 Å². The summed E-state index contributed by atoms with van der Waals surface area (Å²) < 4.78 is 28.0. The minimum absolute atomic E-state index is 0.0264. The van der Waals surface area contributed by atoms with Crippen LogP contribution in [0, 0.1) is 0 Å². The van der Waals surface area contributed by atoms with E-state index in [2.05, 4.69) is 15.0 Å². The number of aromatic nitrogens is 4. The Labute approximate surface area is 216 Å². The number of aromatic carboxylic acids is 1. The number of nitrogens with two attached hydrogens (primary N) is 1. The lowest BCUT2D eigenvalue weighted by atomic mass is 9.93. The summed E-state index contributed by atoms with van der Waals surface area (Å²) in [4.78, 5) is 46.9. The van der Waals surface area contributed by atoms with Crippen LogP contribution in [0.5, 0.6) is 0 Å². The molecule has 1 saturated heterocycles. The molecule has 0 spiro atoms. The van der Waals surface area contributed by atoms with Gasteiger partial charge in [-0.05, 0) is 29.3 Å². The summed E-state index contributed by atoms with van der Waals surface area (Å²) >= 11 is 5.84. The van der Waals surface area contributed by atoms with Gasteiger partial charge in [0.25, 0.3) is 5.60 Å². The van der Waals surface area contributed by atoms with Gasteiger partial charge in [-0.25, -0.2) is 23.8 Å². The van der Waals surface area contributed by atoms with Crippen molar-refractivity contribution in [1.29, 1.82) is 0 Å². The van der Waals surface area contributed by atoms with Crippen LogP contribution in [0.1, 0.15) is 22.0 Å². The molecule has 0 bridgehead atoms. The average molecular weight is 552 g/mol. The van der Waals surface area contributed by atoms with Crippen molar-refractivity contribution in [2.24, 2.45) is 0 Å². The number of aliphatic hydroxyl groups excluding tert-OH is 1. The number of carboxylic acid groups (broad SMARTS) is 3. The third kappa shape index (κ3) is 3.82. The van der Waals surface area contributed by atoms with Crippen molar-refractivity contribution in [2.75, 3.05) is 12.3 Å². The van der Waals surface area contributed by atoms with Crippen LogP contribution in [-0.4, -0.2) is 94.0 Å². The number of imidazole rings is 1. The predicted molar refractivity (Wildman–Crippen MR) is 123 cm³/mol. The fourth-order valence-corrected chi connectivity index (χ4v) is 4.87. The van der Waals surface area contributed by atoms with Crippen molar-refractivity contribution in [1.82, 2.24) is 19.5 Å². The van der Waals surface area contributed by atoms with Gasteiger partial charge in [0.1, 0.15) is 29.9 Å². The summed E-state index contributed by atoms with van der Waals surface area (Å²) in [6.07, 6.45) is -3.86. The molecule has 1 unspecified atom stereocenters. The van der Waals surface area contributed by atoms with E-state index in [-0.39, 0.29) is 33.4 Å². The number of alkyl halides is 1. The van der Waals surface area contributed by atoms with E-state index < -0.39 is 66.6 Å². The average Bonchev–Trinajstić information content (AvgIpc) is 3.09. The first-order chi connectivity index (χ1) is 17.9. The van der Waals surface area contributed by atoms with Crippen LogP contribution >= 0.6 is 11.6 Å². The molecule has 1 aliphatic heterocycles. The molecule has 3 aromatic rings. The molecular formula is C22H19ClFN5O9. The maximum atomic E-state index is 15.8. The van der Waals surface area contributed by atoms with Crippen molar-refractivity contribution in [3.05, 3.63) is 47.0 Å². The second-order valence-corrected chi connectivity index (χ2v) is 9.28. The number of hydrogen-bond acceptors (Lipinski definition) is 10. The first kappa shape index (κ1) is 25.7. The number of nitrogen functional groups attached to an aromatic ring is 1. The molecule has 5 rings (SSSR count). The van der Waals surface area contributed by atoms with Crippen molar-refractivity contribution in [3.63, 3.8) is 0 Å². The molecule has 2 aliphatic rings. The lowest BCUT2D eigenvalue weighted by Crippen LogP contribution is -2.53. The Bertz CT molecular complexity index is 1450. The summed E-state index contributed by atoms with van der Waals surface area (Å²) in [6.45, 7) is -0.770. The maximum absolute atomic E-state index is 15.8. The minimum Gasteiger partial charge on any atom is -0.479 e. The quantitative estimate of drug-likeness (QED) is 0.179. The number of anilines is 1. The van der Waals surface area contributed by atoms with Crippen LogP contribution in [0.25, 0.3) is 11.2 Å². The topological polar surface area (TPSA) is 220 Å². The molecule has 38 heavy (non-hydrogen) atoms. The van der Waals surface area contributed by atoms with E-state index in [9.17, 15) is 29.7 Å². The van der Waals surface area contributed by atoms with Gasteiger partial charge in [0.15, 0.2) is 17.1 Å². The summed E-state index contributed by atoms with van der Waals surface area (Å²) in [5, 5.41) is 39.0. The maximum Gasteiger partial charge on any atom is 0.348 e. The fraction of sp³-hybridized carbons (Fsp3) is 0.364. The van der Waals surface area contributed by atoms with E-state index in [1.807, 2.05) is 0 Å². The molecule has 16 heteroatoms. The molecule has 2 fully saturated rings. The highest BCUT2D eigenvalue weighted by molar-refractivity contribution is 6.28. The Balaban J connectivity index is 1.33. The first-order valence-corrected chi connectivity index (χ1v) is 11.4. The lowest BCUT2D eigenvalue weighted by Gasteiger charge is -2.29. The smallest absolute Gasteiger partial charge is 0.348 e. The van der Waals surface area contributed by atoms with E-state index in [1.165, 1.54) is 35.2 Å². The van der Waals surface area contributed by atoms with Crippen LogP contribution in [0.15, 0.2) is 30.6 Å². The van der Waals surface area contributed by atoms with Crippen LogP contribution in [0.4, 0.5) is 10.2 Å². The highest BCUT2D eigenvalue weighted by Gasteiger charge is 2.79. The Kier molecular flexibility index (Phi) is 5.98. The molecule has 0 radical (unpaired) electrons. The van der Waals surface area contributed by atoms with Gasteiger partial charge in [0, 0.05) is 6.42 Å². The van der Waals surface area contributed by atoms with Crippen molar-refractivity contribution in [2.45, 2.75) is 42.0 Å². The SMILES string of the molecule is Nc1nc(Cl)nc2c1ncn2C1[C@@H]2O[C@H](COC(Cc3ccc(C(=O)O)cc3)(C(=O)O)C(=O)O)[C@H](O)[C@@]12F. The first-order valence-electron chi connectivity index (χ1n) is 11.0. The number of hydrogen-bond donors (Lipinski definition) is 5. The predicted octanol–water partition coefficient (Wildman–Crippen LogP) is 0.319. The van der Waals surface area contributed by atoms with Gasteiger partial charge in [-0.15, -0.1) is 0 Å². The van der Waals surface area contributed by atoms with Gasteiger partial charge in [-0.1, -0.05) is 12.1 Å². The van der Waals surface area contributed by atoms with Crippen molar-refractivity contribution < 1.29 is 48.7 Å². The number of ether oxygens (including phenoxy) is 2. The summed E-state index contributed by atoms with van der Waals surface area (Å²) in [5.74, 6) is -4.95. The molecule has 3 heterocycles. The molecule has 1 aliphatic carbocycles. The molecule has 2 aromatic heterocycles. The van der Waals surface area contributed by atoms with E-state index in [0.717, 1.165) is 0 Å². The number of carboxylic acids is 3. The number of benzene rings is 1. The Hall–Kier alpha value is -3.92. The zero-order chi connectivity index (χ0) is 27.6. The van der Waals surface area contributed by atoms with Crippen molar-refractivity contribution in [3.8, 4) is 0 Å². The molecule has 1 aromatic carbocycles. The molecule has 1 saturated carbocycles. The minimum atomic E-state index is -2.82. The number of aliphatic carboxylic acids is 2. The number of rotatable bonds is 9. The number of fused-ring (bicyclic) bond motifs is 2. The van der Waals surface area contributed by atoms with Gasteiger partial charge < -0.3 is 40.2 Å². The second kappa shape index (κ2) is 8.83. The largest absolute Gasteiger partial charge is 0.479 e. The van der Waals surface area contributed by atoms with Crippen LogP contribution in [0.3, 0.4) is 0 Å². The van der Waals surface area contributed by atoms with Gasteiger partial charge in [0.05, 0.1) is 18.5 Å². The monoisotopic (exact) mass is 551 g/mol. The third-order valence-electron chi connectivity index (χ3n) is 6.75. The van der Waals surface area contributed by atoms with E-state index in [0.29, 0.717) is 0 Å². The summed E-state index contributed by atoms with van der Waals surface area (Å²) in [5.41, 5.74) is 0.965. The van der Waals surface area contributed by atoms with Crippen molar-refractivity contribution >= 4 is 46.5 Å². The van der Waals surface area contributed by atoms with Gasteiger partial charge in [-0.3, -0.25) is 0 Å². The standard InChI is InChI=1S/C22H19ClFN5O9/c23-20-27-15(25)11-16(28-20)29(7-26-11)12-14-22(12,24)13(30)10(38-14)6-37-21(18(33)34,19(35)36)5-8-1-3-9(4-2-8)17(31)32/h1-4,7,10,12-14,30H,5-6H2,(H,31,32)(H,33,34)(H,35,36)(H2,25,27,28)/t10-,12?,13+,14+,22+/m1/s1. The van der Waals surface area contributed by atoms with Crippen LogP contribution < -0.4 is 5.73 Å². The Morgan fingerprint density at radius 1 is 1.18 bits per heavy atom. The third-order valence-corrected chi connectivity index (χ3v) is 6.92. The van der Waals surface area contributed by atoms with Crippen LogP contribution in [0.2, 0.25) is 5.28 Å². The highest BCUT2D eigenvalue weighted by Crippen LogP contribution is 2.62. The van der Waals surface area contributed by atoms with Gasteiger partial charge >= 0.3 is 17.9 Å². The highest BCUT2D eigenvalue weighted by atomic mass is 35.5. The normalized spacial score (nSPS) is 26.3. The number of halogens is 2. The van der Waals surface area contributed by atoms with E-state index >= 15 is 4.39 Å². The number of nitrogens with zero attached hydrogens (tertiary/aromatic N) is 4. The molecular weight excluding hydrogens is 533 g/mol. The van der Waals surface area contributed by atoms with E-state index in [1.54, 1.807) is 0 Å². The van der Waals surface area contributed by atoms with Gasteiger partial charge in [0.2, 0.25) is 5.28 Å². The lowest BCUT2D eigenvalue weighted by molar-refractivity contribution is -0.190. The molecule has 0 amide bonds. The Morgan fingerprint density at radius 2 is 1.84 bits per heavy atom. The zero-order valence-corrected chi connectivity index (χ0v) is 19.8. The Morgan fingerprint density at radius 3 is 2.39 bits per heavy atom. The second-order valence-electron chi connectivity index (χ2n) is 8.94. The van der Waals surface area contributed by atoms with E-state index in [4.69, 9.17) is 31.9 Å². The summed E-state index contributed by atoms with van der Waals surface area (Å²) in [7, 11) is 0.